The maximum atomic E-state index is 12.3. The number of hydrogen-bond acceptors (Lipinski definition) is 2. The van der Waals surface area contributed by atoms with Crippen LogP contribution in [0.1, 0.15) is 27.3 Å². The lowest BCUT2D eigenvalue weighted by Crippen LogP contribution is -2.24. The third-order valence-electron chi connectivity index (χ3n) is 4.06. The van der Waals surface area contributed by atoms with E-state index in [1.807, 2.05) is 67.9 Å². The van der Waals surface area contributed by atoms with E-state index < -0.39 is 0 Å². The molecule has 4 heteroatoms. The number of imidazole rings is 1. The van der Waals surface area contributed by atoms with Gasteiger partial charge >= 0.3 is 0 Å². The maximum Gasteiger partial charge on any atom is 0.251 e. The molecule has 2 aromatic carbocycles. The lowest BCUT2D eigenvalue weighted by Gasteiger charge is -2.07. The van der Waals surface area contributed by atoms with Crippen molar-refractivity contribution in [1.29, 1.82) is 0 Å². The van der Waals surface area contributed by atoms with Gasteiger partial charge in [-0.05, 0) is 49.2 Å². The first-order chi connectivity index (χ1) is 10.6. The molecule has 1 amide bonds. The molecule has 0 saturated carbocycles. The average Bonchev–Trinajstić information content (AvgIpc) is 2.84. The highest BCUT2D eigenvalue weighted by Gasteiger charge is 2.10. The van der Waals surface area contributed by atoms with Crippen LogP contribution < -0.4 is 5.32 Å². The second-order valence-corrected chi connectivity index (χ2v) is 5.56. The molecule has 0 spiro atoms. The lowest BCUT2D eigenvalue weighted by atomic mass is 10.1. The van der Waals surface area contributed by atoms with Crippen molar-refractivity contribution in [2.24, 2.45) is 7.05 Å². The molecule has 0 aliphatic heterocycles. The number of aromatic nitrogens is 2. The molecule has 1 N–H and O–H groups in total. The van der Waals surface area contributed by atoms with Gasteiger partial charge < -0.3 is 9.88 Å². The van der Waals surface area contributed by atoms with Gasteiger partial charge in [0.2, 0.25) is 0 Å². The van der Waals surface area contributed by atoms with Crippen molar-refractivity contribution < 1.29 is 4.79 Å². The van der Waals surface area contributed by atoms with Crippen LogP contribution in [0.15, 0.2) is 42.5 Å². The zero-order valence-electron chi connectivity index (χ0n) is 13.1. The summed E-state index contributed by atoms with van der Waals surface area (Å²) in [5.74, 6) is 0.772. The summed E-state index contributed by atoms with van der Waals surface area (Å²) in [6.45, 7) is 4.46. The second-order valence-electron chi connectivity index (χ2n) is 5.56. The summed E-state index contributed by atoms with van der Waals surface area (Å²) in [7, 11) is 1.97. The number of nitrogens with one attached hydrogen (secondary N) is 1. The Morgan fingerprint density at radius 1 is 1.14 bits per heavy atom. The Bertz CT molecular complexity index is 849. The van der Waals surface area contributed by atoms with Gasteiger partial charge in [0.25, 0.3) is 5.91 Å². The minimum atomic E-state index is -0.0739. The molecule has 3 rings (SSSR count). The van der Waals surface area contributed by atoms with Crippen molar-refractivity contribution in [3.63, 3.8) is 0 Å². The zero-order valence-corrected chi connectivity index (χ0v) is 13.1. The number of carbonyl (C=O) groups is 1. The molecule has 0 aliphatic rings. The Kier molecular flexibility index (Phi) is 3.67. The molecule has 3 aromatic rings. The molecular formula is C18H19N3O. The fourth-order valence-corrected chi connectivity index (χ4v) is 2.50. The Morgan fingerprint density at radius 3 is 2.64 bits per heavy atom. The Hall–Kier alpha value is -2.62. The third kappa shape index (κ3) is 2.60. The predicted molar refractivity (Wildman–Crippen MR) is 87.8 cm³/mol. The number of benzene rings is 2. The minimum absolute atomic E-state index is 0.0739. The first-order valence-corrected chi connectivity index (χ1v) is 7.32. The summed E-state index contributed by atoms with van der Waals surface area (Å²) < 4.78 is 2.01. The average molecular weight is 293 g/mol. The van der Waals surface area contributed by atoms with Crippen LogP contribution in [0.3, 0.4) is 0 Å². The van der Waals surface area contributed by atoms with Crippen molar-refractivity contribution in [1.82, 2.24) is 14.9 Å². The summed E-state index contributed by atoms with van der Waals surface area (Å²) in [5.41, 5.74) is 5.00. The van der Waals surface area contributed by atoms with E-state index >= 15 is 0 Å². The molecule has 4 nitrogen and oxygen atoms in total. The number of nitrogens with zero attached hydrogens (tertiary/aromatic N) is 2. The molecule has 1 heterocycles. The van der Waals surface area contributed by atoms with E-state index in [2.05, 4.69) is 10.3 Å². The molecule has 0 fully saturated rings. The van der Waals surface area contributed by atoms with E-state index in [1.54, 1.807) is 0 Å². The van der Waals surface area contributed by atoms with Gasteiger partial charge in [-0.15, -0.1) is 0 Å². The van der Waals surface area contributed by atoms with Gasteiger partial charge in [-0.2, -0.15) is 0 Å². The molecular weight excluding hydrogens is 274 g/mol. The Labute approximate surface area is 129 Å². The van der Waals surface area contributed by atoms with Crippen LogP contribution >= 0.6 is 0 Å². The van der Waals surface area contributed by atoms with Gasteiger partial charge in [0.15, 0.2) is 0 Å². The quantitative estimate of drug-likeness (QED) is 0.806. The number of carbonyl (C=O) groups excluding carboxylic acids is 1. The van der Waals surface area contributed by atoms with Crippen LogP contribution in [0.4, 0.5) is 0 Å². The monoisotopic (exact) mass is 293 g/mol. The molecule has 22 heavy (non-hydrogen) atoms. The van der Waals surface area contributed by atoms with Crippen LogP contribution in [0.5, 0.6) is 0 Å². The van der Waals surface area contributed by atoms with Gasteiger partial charge in [-0.1, -0.05) is 18.2 Å². The van der Waals surface area contributed by atoms with E-state index in [-0.39, 0.29) is 5.91 Å². The molecule has 0 saturated heterocycles. The first kappa shape index (κ1) is 14.3. The summed E-state index contributed by atoms with van der Waals surface area (Å²) in [4.78, 5) is 16.8. The van der Waals surface area contributed by atoms with Crippen molar-refractivity contribution in [2.75, 3.05) is 0 Å². The van der Waals surface area contributed by atoms with E-state index in [0.29, 0.717) is 12.1 Å². The molecule has 0 atom stereocenters. The van der Waals surface area contributed by atoms with Crippen molar-refractivity contribution in [3.05, 3.63) is 65.0 Å². The van der Waals surface area contributed by atoms with Gasteiger partial charge in [0, 0.05) is 12.6 Å². The van der Waals surface area contributed by atoms with Gasteiger partial charge in [0.1, 0.15) is 5.82 Å². The Morgan fingerprint density at radius 2 is 1.91 bits per heavy atom. The summed E-state index contributed by atoms with van der Waals surface area (Å²) in [5, 5.41) is 2.94. The largest absolute Gasteiger partial charge is 0.345 e. The van der Waals surface area contributed by atoms with Crippen molar-refractivity contribution in [2.45, 2.75) is 20.4 Å². The van der Waals surface area contributed by atoms with Crippen LogP contribution in [-0.4, -0.2) is 15.5 Å². The Balaban J connectivity index is 1.77. The zero-order chi connectivity index (χ0) is 15.7. The third-order valence-corrected chi connectivity index (χ3v) is 4.06. The van der Waals surface area contributed by atoms with Crippen molar-refractivity contribution in [3.8, 4) is 0 Å². The SMILES string of the molecule is Cc1ccc(C(=O)NCc2nc3ccccc3n2C)cc1C. The molecule has 0 unspecified atom stereocenters. The number of para-hydroxylation sites is 2. The highest BCUT2D eigenvalue weighted by Crippen LogP contribution is 2.14. The van der Waals surface area contributed by atoms with Gasteiger partial charge in [0.05, 0.1) is 17.6 Å². The van der Waals surface area contributed by atoms with Crippen LogP contribution in [-0.2, 0) is 13.6 Å². The molecule has 112 valence electrons. The highest BCUT2D eigenvalue weighted by molar-refractivity contribution is 5.94. The maximum absolute atomic E-state index is 12.3. The smallest absolute Gasteiger partial charge is 0.251 e. The number of rotatable bonds is 3. The van der Waals surface area contributed by atoms with Crippen LogP contribution in [0.25, 0.3) is 11.0 Å². The van der Waals surface area contributed by atoms with E-state index in [4.69, 9.17) is 0 Å². The molecule has 0 aliphatic carbocycles. The van der Waals surface area contributed by atoms with E-state index in [1.165, 1.54) is 5.56 Å². The van der Waals surface area contributed by atoms with Gasteiger partial charge in [-0.25, -0.2) is 4.98 Å². The second kappa shape index (κ2) is 5.64. The van der Waals surface area contributed by atoms with Crippen molar-refractivity contribution >= 4 is 16.9 Å². The first-order valence-electron chi connectivity index (χ1n) is 7.32. The molecule has 0 bridgehead atoms. The number of fused-ring (bicyclic) bond motifs is 1. The lowest BCUT2D eigenvalue weighted by molar-refractivity contribution is 0.0949. The number of hydrogen-bond donors (Lipinski definition) is 1. The standard InChI is InChI=1S/C18H19N3O/c1-12-8-9-14(10-13(12)2)18(22)19-11-17-20-15-6-4-5-7-16(15)21(17)3/h4-10H,11H2,1-3H3,(H,19,22). The van der Waals surface area contributed by atoms with E-state index in [9.17, 15) is 4.79 Å². The summed E-state index contributed by atoms with van der Waals surface area (Å²) in [6, 6.07) is 13.7. The fraction of sp³-hybridized carbons (Fsp3) is 0.222. The highest BCUT2D eigenvalue weighted by atomic mass is 16.1. The van der Waals surface area contributed by atoms with Crippen LogP contribution in [0.2, 0.25) is 0 Å². The van der Waals surface area contributed by atoms with E-state index in [0.717, 1.165) is 22.4 Å². The van der Waals surface area contributed by atoms with Gasteiger partial charge in [-0.3, -0.25) is 4.79 Å². The molecule has 0 radical (unpaired) electrons. The number of aryl methyl sites for hydroxylation is 3. The normalized spacial score (nSPS) is 10.9. The fourth-order valence-electron chi connectivity index (χ4n) is 2.50. The molecule has 1 aromatic heterocycles. The summed E-state index contributed by atoms with van der Waals surface area (Å²) in [6.07, 6.45) is 0. The summed E-state index contributed by atoms with van der Waals surface area (Å²) >= 11 is 0. The topological polar surface area (TPSA) is 46.9 Å². The minimum Gasteiger partial charge on any atom is -0.345 e. The number of amides is 1. The predicted octanol–water partition coefficient (Wildman–Crippen LogP) is 3.12. The van der Waals surface area contributed by atoms with Crippen LogP contribution in [0, 0.1) is 13.8 Å².